The molecule has 2 aliphatic rings. The van der Waals surface area contributed by atoms with Crippen LogP contribution in [0.5, 0.6) is 5.75 Å². The fourth-order valence-corrected chi connectivity index (χ4v) is 4.25. The lowest BCUT2D eigenvalue weighted by atomic mass is 9.93. The first-order chi connectivity index (χ1) is 14.7. The number of hydrogen-bond acceptors (Lipinski definition) is 4. The first kappa shape index (κ1) is 20.7. The molecule has 0 bridgehead atoms. The van der Waals surface area contributed by atoms with Gasteiger partial charge >= 0.3 is 0 Å². The molecule has 0 radical (unpaired) electrons. The molecule has 2 atom stereocenters. The minimum absolute atomic E-state index is 0.207. The molecule has 162 valence electrons. The predicted octanol–water partition coefficient (Wildman–Crippen LogP) is 2.98. The zero-order valence-corrected chi connectivity index (χ0v) is 17.7. The molecule has 2 unspecified atom stereocenters. The number of nitrogens with one attached hydrogen (secondary N) is 1. The summed E-state index contributed by atoms with van der Waals surface area (Å²) in [6.45, 7) is 8.18. The van der Waals surface area contributed by atoms with E-state index in [9.17, 15) is 4.39 Å². The van der Waals surface area contributed by atoms with E-state index in [2.05, 4.69) is 33.6 Å². The molecule has 0 spiro atoms. The van der Waals surface area contributed by atoms with Crippen molar-refractivity contribution in [2.45, 2.75) is 39.3 Å². The highest BCUT2D eigenvalue weighted by atomic mass is 19.1. The molecule has 8 heteroatoms. The van der Waals surface area contributed by atoms with Gasteiger partial charge in [-0.3, -0.25) is 4.99 Å². The maximum absolute atomic E-state index is 14.0. The SMILES string of the molecule is CCNC(=NCCc1cc(F)cc2c1OCOC2)N1CCC(C)C(n2ccnc2)C1. The second-order valence-corrected chi connectivity index (χ2v) is 7.94. The summed E-state index contributed by atoms with van der Waals surface area (Å²) < 4.78 is 27.1. The van der Waals surface area contributed by atoms with E-state index in [-0.39, 0.29) is 12.6 Å². The van der Waals surface area contributed by atoms with E-state index >= 15 is 0 Å². The van der Waals surface area contributed by atoms with Crippen LogP contribution in [-0.4, -0.2) is 53.4 Å². The molecular formula is C22H30FN5O2. The highest BCUT2D eigenvalue weighted by Crippen LogP contribution is 2.30. The number of nitrogens with zero attached hydrogens (tertiary/aromatic N) is 4. The van der Waals surface area contributed by atoms with Gasteiger partial charge in [-0.25, -0.2) is 9.37 Å². The Bertz CT molecular complexity index is 871. The highest BCUT2D eigenvalue weighted by Gasteiger charge is 2.29. The van der Waals surface area contributed by atoms with E-state index < -0.39 is 0 Å². The topological polar surface area (TPSA) is 63.9 Å². The lowest BCUT2D eigenvalue weighted by Gasteiger charge is -2.39. The van der Waals surface area contributed by atoms with E-state index in [1.807, 2.05) is 18.7 Å². The van der Waals surface area contributed by atoms with Crippen LogP contribution in [0.15, 0.2) is 35.8 Å². The monoisotopic (exact) mass is 415 g/mol. The molecule has 30 heavy (non-hydrogen) atoms. The third-order valence-corrected chi connectivity index (χ3v) is 5.86. The molecule has 7 nitrogen and oxygen atoms in total. The summed E-state index contributed by atoms with van der Waals surface area (Å²) in [7, 11) is 0. The molecule has 1 aromatic carbocycles. The Morgan fingerprint density at radius 2 is 2.30 bits per heavy atom. The molecule has 2 aliphatic heterocycles. The normalized spacial score (nSPS) is 21.8. The van der Waals surface area contributed by atoms with Gasteiger partial charge in [0.15, 0.2) is 12.8 Å². The lowest BCUT2D eigenvalue weighted by molar-refractivity contribution is -0.0172. The molecule has 3 heterocycles. The van der Waals surface area contributed by atoms with E-state index in [1.54, 1.807) is 6.07 Å². The summed E-state index contributed by atoms with van der Waals surface area (Å²) in [6.07, 6.45) is 7.47. The number of fused-ring (bicyclic) bond motifs is 1. The summed E-state index contributed by atoms with van der Waals surface area (Å²) in [6, 6.07) is 3.40. The summed E-state index contributed by atoms with van der Waals surface area (Å²) in [5.41, 5.74) is 1.61. The highest BCUT2D eigenvalue weighted by molar-refractivity contribution is 5.80. The van der Waals surface area contributed by atoms with Crippen LogP contribution in [0.25, 0.3) is 0 Å². The number of aromatic nitrogens is 2. The number of halogens is 1. The van der Waals surface area contributed by atoms with E-state index in [0.29, 0.717) is 31.5 Å². The second kappa shape index (κ2) is 9.47. The number of benzene rings is 1. The van der Waals surface area contributed by atoms with Crippen molar-refractivity contribution in [3.05, 3.63) is 47.8 Å². The summed E-state index contributed by atoms with van der Waals surface area (Å²) in [4.78, 5) is 11.4. The number of piperidine rings is 1. The molecule has 1 fully saturated rings. The Kier molecular flexibility index (Phi) is 6.52. The Morgan fingerprint density at radius 3 is 3.10 bits per heavy atom. The van der Waals surface area contributed by atoms with Crippen LogP contribution in [0.4, 0.5) is 4.39 Å². The van der Waals surface area contributed by atoms with Crippen molar-refractivity contribution >= 4 is 5.96 Å². The Labute approximate surface area is 176 Å². The van der Waals surface area contributed by atoms with E-state index in [1.165, 1.54) is 6.07 Å². The standard InChI is InChI=1S/C22H30FN5O2/c1-3-25-22(27-8-5-16(2)20(12-27)28-9-7-24-14-28)26-6-4-17-10-19(23)11-18-13-29-15-30-21(17)18/h7,9-11,14,16,20H,3-6,8,12-13,15H2,1-2H3,(H,25,26). The fourth-order valence-electron chi connectivity index (χ4n) is 4.25. The minimum atomic E-state index is -0.262. The van der Waals surface area contributed by atoms with Crippen LogP contribution in [0, 0.1) is 11.7 Å². The van der Waals surface area contributed by atoms with Crippen molar-refractivity contribution in [1.29, 1.82) is 0 Å². The van der Waals surface area contributed by atoms with Gasteiger partial charge in [-0.05, 0) is 43.4 Å². The number of likely N-dealkylation sites (tertiary alicyclic amines) is 1. The zero-order valence-electron chi connectivity index (χ0n) is 17.7. The van der Waals surface area contributed by atoms with Crippen molar-refractivity contribution in [2.24, 2.45) is 10.9 Å². The van der Waals surface area contributed by atoms with Gasteiger partial charge < -0.3 is 24.3 Å². The van der Waals surface area contributed by atoms with Crippen LogP contribution < -0.4 is 10.1 Å². The maximum atomic E-state index is 14.0. The molecule has 4 rings (SSSR count). The van der Waals surface area contributed by atoms with Gasteiger partial charge in [-0.1, -0.05) is 6.92 Å². The second-order valence-electron chi connectivity index (χ2n) is 7.94. The maximum Gasteiger partial charge on any atom is 0.193 e. The predicted molar refractivity (Wildman–Crippen MR) is 113 cm³/mol. The number of guanidine groups is 1. The van der Waals surface area contributed by atoms with Gasteiger partial charge in [0.05, 0.1) is 19.0 Å². The van der Waals surface area contributed by atoms with Crippen LogP contribution in [0.2, 0.25) is 0 Å². The van der Waals surface area contributed by atoms with Crippen molar-refractivity contribution in [3.8, 4) is 5.75 Å². The van der Waals surface area contributed by atoms with E-state index in [0.717, 1.165) is 48.9 Å². The minimum Gasteiger partial charge on any atom is -0.467 e. The molecule has 1 N–H and O–H groups in total. The van der Waals surface area contributed by atoms with Crippen LogP contribution in [0.3, 0.4) is 0 Å². The average Bonchev–Trinajstić information content (AvgIpc) is 3.28. The zero-order chi connectivity index (χ0) is 20.9. The van der Waals surface area contributed by atoms with Gasteiger partial charge in [-0.15, -0.1) is 0 Å². The summed E-state index contributed by atoms with van der Waals surface area (Å²) >= 11 is 0. The number of imidazole rings is 1. The number of aliphatic imine (C=N–C) groups is 1. The van der Waals surface area contributed by atoms with Gasteiger partial charge in [0, 0.05) is 44.1 Å². The lowest BCUT2D eigenvalue weighted by Crippen LogP contribution is -2.49. The molecule has 1 saturated heterocycles. The average molecular weight is 416 g/mol. The van der Waals surface area contributed by atoms with Gasteiger partial charge in [0.2, 0.25) is 0 Å². The molecular weight excluding hydrogens is 385 g/mol. The quantitative estimate of drug-likeness (QED) is 0.601. The Hall–Kier alpha value is -2.61. The Morgan fingerprint density at radius 1 is 1.40 bits per heavy atom. The van der Waals surface area contributed by atoms with Crippen molar-refractivity contribution in [3.63, 3.8) is 0 Å². The fraction of sp³-hybridized carbons (Fsp3) is 0.545. The third-order valence-electron chi connectivity index (χ3n) is 5.86. The van der Waals surface area contributed by atoms with Crippen molar-refractivity contribution < 1.29 is 13.9 Å². The molecule has 0 saturated carbocycles. The molecule has 1 aromatic heterocycles. The smallest absolute Gasteiger partial charge is 0.193 e. The number of rotatable bonds is 5. The molecule has 2 aromatic rings. The van der Waals surface area contributed by atoms with Crippen molar-refractivity contribution in [2.75, 3.05) is 33.0 Å². The first-order valence-corrected chi connectivity index (χ1v) is 10.7. The largest absolute Gasteiger partial charge is 0.467 e. The van der Waals surface area contributed by atoms with Crippen molar-refractivity contribution in [1.82, 2.24) is 19.8 Å². The van der Waals surface area contributed by atoms with Crippen LogP contribution >= 0.6 is 0 Å². The first-order valence-electron chi connectivity index (χ1n) is 10.7. The molecule has 0 aliphatic carbocycles. The summed E-state index contributed by atoms with van der Waals surface area (Å²) in [5.74, 6) is 1.97. The number of hydrogen-bond donors (Lipinski definition) is 1. The van der Waals surface area contributed by atoms with Crippen LogP contribution in [0.1, 0.15) is 37.4 Å². The van der Waals surface area contributed by atoms with E-state index in [4.69, 9.17) is 14.5 Å². The molecule has 0 amide bonds. The van der Waals surface area contributed by atoms with Crippen LogP contribution in [-0.2, 0) is 17.8 Å². The van der Waals surface area contributed by atoms with Gasteiger partial charge in [0.25, 0.3) is 0 Å². The van der Waals surface area contributed by atoms with Gasteiger partial charge in [-0.2, -0.15) is 0 Å². The Balaban J connectivity index is 1.46. The summed E-state index contributed by atoms with van der Waals surface area (Å²) in [5, 5.41) is 3.42. The number of ether oxygens (including phenoxy) is 2. The third kappa shape index (κ3) is 4.59. The van der Waals surface area contributed by atoms with Gasteiger partial charge in [0.1, 0.15) is 11.6 Å².